The van der Waals surface area contributed by atoms with E-state index in [-0.39, 0.29) is 5.91 Å². The van der Waals surface area contributed by atoms with E-state index in [0.29, 0.717) is 28.6 Å². The van der Waals surface area contributed by atoms with Gasteiger partial charge in [0.05, 0.1) is 23.1 Å². The molecule has 1 aliphatic carbocycles. The van der Waals surface area contributed by atoms with Gasteiger partial charge in [0.15, 0.2) is 5.17 Å². The molecule has 0 atom stereocenters. The first-order valence-corrected chi connectivity index (χ1v) is 9.70. The van der Waals surface area contributed by atoms with Crippen LogP contribution in [0.5, 0.6) is 5.75 Å². The lowest BCUT2D eigenvalue weighted by molar-refractivity contribution is -0.115. The Morgan fingerprint density at radius 2 is 2.23 bits per heavy atom. The molecule has 2 aromatic rings. The van der Waals surface area contributed by atoms with E-state index in [1.165, 1.54) is 11.8 Å². The Bertz CT molecular complexity index is 916. The van der Waals surface area contributed by atoms with Crippen LogP contribution < -0.4 is 10.1 Å². The van der Waals surface area contributed by atoms with Crippen molar-refractivity contribution in [2.45, 2.75) is 32.7 Å². The molecule has 0 spiro atoms. The van der Waals surface area contributed by atoms with Crippen LogP contribution in [0.15, 0.2) is 40.4 Å². The molecular formula is C20H21N3O2S. The number of aliphatic imine (C=N–C) groups is 1. The number of hydrogen-bond donors (Lipinski definition) is 1. The zero-order chi connectivity index (χ0) is 18.1. The predicted octanol–water partition coefficient (Wildman–Crippen LogP) is 3.99. The molecule has 1 aromatic heterocycles. The minimum atomic E-state index is -0.0861. The highest BCUT2D eigenvalue weighted by atomic mass is 32.2. The summed E-state index contributed by atoms with van der Waals surface area (Å²) < 4.78 is 5.93. The Balaban J connectivity index is 1.62. The summed E-state index contributed by atoms with van der Waals surface area (Å²) in [6, 6.07) is 8.23. The fourth-order valence-electron chi connectivity index (χ4n) is 2.62. The fraction of sp³-hybridized carbons (Fsp3) is 0.350. The third kappa shape index (κ3) is 3.90. The molecule has 2 heterocycles. The largest absolute Gasteiger partial charge is 0.493 e. The van der Waals surface area contributed by atoms with Crippen molar-refractivity contribution in [3.05, 3.63) is 40.9 Å². The van der Waals surface area contributed by atoms with Crippen LogP contribution in [0.3, 0.4) is 0 Å². The SMILES string of the molecule is CC(C)COc1ccnc2ccc(/C=C3\SC(=NC4CC4)NC3=O)cc12. The van der Waals surface area contributed by atoms with E-state index in [1.54, 1.807) is 6.20 Å². The maximum absolute atomic E-state index is 12.2. The molecule has 2 aliphatic rings. The van der Waals surface area contributed by atoms with Crippen molar-refractivity contribution in [3.8, 4) is 5.75 Å². The number of benzene rings is 1. The number of aromatic nitrogens is 1. The Morgan fingerprint density at radius 3 is 3.00 bits per heavy atom. The summed E-state index contributed by atoms with van der Waals surface area (Å²) in [6.07, 6.45) is 5.90. The number of amidine groups is 1. The monoisotopic (exact) mass is 367 g/mol. The molecule has 1 aromatic carbocycles. The van der Waals surface area contributed by atoms with E-state index in [1.807, 2.05) is 30.3 Å². The third-order valence-corrected chi connectivity index (χ3v) is 5.02. The zero-order valence-corrected chi connectivity index (χ0v) is 15.7. The molecule has 4 rings (SSSR count). The number of pyridine rings is 1. The number of ether oxygens (including phenoxy) is 1. The third-order valence-electron chi connectivity index (χ3n) is 4.09. The standard InChI is InChI=1S/C20H21N3O2S/c1-12(2)11-25-17-7-8-21-16-6-3-13(9-15(16)17)10-18-19(24)23-20(26-18)22-14-4-5-14/h3,6-10,12,14H,4-5,11H2,1-2H3,(H,22,23,24)/b18-10-. The van der Waals surface area contributed by atoms with Crippen molar-refractivity contribution in [1.82, 2.24) is 10.3 Å². The minimum absolute atomic E-state index is 0.0861. The van der Waals surface area contributed by atoms with Gasteiger partial charge in [0.25, 0.3) is 5.91 Å². The van der Waals surface area contributed by atoms with Crippen LogP contribution in [0.2, 0.25) is 0 Å². The molecule has 6 heteroatoms. The van der Waals surface area contributed by atoms with E-state index >= 15 is 0 Å². The van der Waals surface area contributed by atoms with Gasteiger partial charge in [-0.05, 0) is 60.4 Å². The molecule has 134 valence electrons. The summed E-state index contributed by atoms with van der Waals surface area (Å²) in [5.41, 5.74) is 1.83. The van der Waals surface area contributed by atoms with Gasteiger partial charge in [0.1, 0.15) is 5.75 Å². The van der Waals surface area contributed by atoms with Gasteiger partial charge in [-0.1, -0.05) is 19.9 Å². The number of fused-ring (bicyclic) bond motifs is 1. The molecule has 0 radical (unpaired) electrons. The summed E-state index contributed by atoms with van der Waals surface area (Å²) in [5, 5.41) is 4.52. The second-order valence-electron chi connectivity index (χ2n) is 7.02. The molecule has 0 unspecified atom stereocenters. The molecule has 0 bridgehead atoms. The normalized spacial score (nSPS) is 20.3. The van der Waals surface area contributed by atoms with E-state index in [0.717, 1.165) is 35.1 Å². The van der Waals surface area contributed by atoms with Gasteiger partial charge in [-0.15, -0.1) is 0 Å². The Morgan fingerprint density at radius 1 is 1.38 bits per heavy atom. The number of hydrogen-bond acceptors (Lipinski definition) is 5. The second-order valence-corrected chi connectivity index (χ2v) is 8.05. The molecule has 2 fully saturated rings. The number of rotatable bonds is 5. The van der Waals surface area contributed by atoms with Crippen molar-refractivity contribution >= 4 is 39.8 Å². The molecule has 1 saturated carbocycles. The van der Waals surface area contributed by atoms with Gasteiger partial charge in [0.2, 0.25) is 0 Å². The minimum Gasteiger partial charge on any atom is -0.493 e. The molecule has 1 aliphatic heterocycles. The summed E-state index contributed by atoms with van der Waals surface area (Å²) in [5.74, 6) is 1.19. The first-order valence-electron chi connectivity index (χ1n) is 8.89. The number of thioether (sulfide) groups is 1. The lowest BCUT2D eigenvalue weighted by Crippen LogP contribution is -2.20. The summed E-state index contributed by atoms with van der Waals surface area (Å²) >= 11 is 1.41. The van der Waals surface area contributed by atoms with Gasteiger partial charge in [-0.25, -0.2) is 0 Å². The summed E-state index contributed by atoms with van der Waals surface area (Å²) in [6.45, 7) is 4.90. The van der Waals surface area contributed by atoms with Gasteiger partial charge in [-0.3, -0.25) is 14.8 Å². The van der Waals surface area contributed by atoms with Crippen LogP contribution in [0.25, 0.3) is 17.0 Å². The van der Waals surface area contributed by atoms with Crippen molar-refractivity contribution in [2.75, 3.05) is 6.61 Å². The van der Waals surface area contributed by atoms with E-state index in [9.17, 15) is 4.79 Å². The molecule has 1 N–H and O–H groups in total. The van der Waals surface area contributed by atoms with Crippen molar-refractivity contribution in [1.29, 1.82) is 0 Å². The number of nitrogens with zero attached hydrogens (tertiary/aromatic N) is 2. The predicted molar refractivity (Wildman–Crippen MR) is 106 cm³/mol. The second kappa shape index (κ2) is 7.11. The van der Waals surface area contributed by atoms with Gasteiger partial charge in [-0.2, -0.15) is 0 Å². The number of amides is 1. The fourth-order valence-corrected chi connectivity index (χ4v) is 3.51. The van der Waals surface area contributed by atoms with Crippen LogP contribution in [0, 0.1) is 5.92 Å². The van der Waals surface area contributed by atoms with Crippen molar-refractivity contribution in [3.63, 3.8) is 0 Å². The first-order chi connectivity index (χ1) is 12.6. The topological polar surface area (TPSA) is 63.6 Å². The Hall–Kier alpha value is -2.34. The quantitative estimate of drug-likeness (QED) is 0.812. The molecule has 5 nitrogen and oxygen atoms in total. The van der Waals surface area contributed by atoms with Crippen molar-refractivity contribution < 1.29 is 9.53 Å². The molecule has 26 heavy (non-hydrogen) atoms. The molecule has 1 saturated heterocycles. The van der Waals surface area contributed by atoms with Gasteiger partial charge >= 0.3 is 0 Å². The number of carbonyl (C=O) groups excluding carboxylic acids is 1. The Kier molecular flexibility index (Phi) is 4.68. The van der Waals surface area contributed by atoms with Crippen LogP contribution in [-0.2, 0) is 4.79 Å². The highest BCUT2D eigenvalue weighted by Crippen LogP contribution is 2.32. The van der Waals surface area contributed by atoms with Gasteiger partial charge in [0, 0.05) is 11.6 Å². The lowest BCUT2D eigenvalue weighted by Gasteiger charge is -2.11. The average molecular weight is 367 g/mol. The van der Waals surface area contributed by atoms with Gasteiger partial charge < -0.3 is 10.1 Å². The van der Waals surface area contributed by atoms with E-state index in [2.05, 4.69) is 29.1 Å². The summed E-state index contributed by atoms with van der Waals surface area (Å²) in [7, 11) is 0. The van der Waals surface area contributed by atoms with Crippen LogP contribution >= 0.6 is 11.8 Å². The Labute approximate surface area is 156 Å². The summed E-state index contributed by atoms with van der Waals surface area (Å²) in [4.78, 5) is 21.8. The average Bonchev–Trinajstić information content (AvgIpc) is 3.36. The van der Waals surface area contributed by atoms with E-state index in [4.69, 9.17) is 4.74 Å². The van der Waals surface area contributed by atoms with E-state index < -0.39 is 0 Å². The highest BCUT2D eigenvalue weighted by molar-refractivity contribution is 8.18. The maximum atomic E-state index is 12.2. The molecular weight excluding hydrogens is 346 g/mol. The zero-order valence-electron chi connectivity index (χ0n) is 14.9. The number of nitrogens with one attached hydrogen (secondary N) is 1. The maximum Gasteiger partial charge on any atom is 0.264 e. The number of carbonyl (C=O) groups is 1. The lowest BCUT2D eigenvalue weighted by atomic mass is 10.1. The highest BCUT2D eigenvalue weighted by Gasteiger charge is 2.27. The van der Waals surface area contributed by atoms with Crippen molar-refractivity contribution in [2.24, 2.45) is 10.9 Å². The van der Waals surface area contributed by atoms with Crippen LogP contribution in [0.1, 0.15) is 32.3 Å². The van der Waals surface area contributed by atoms with Crippen LogP contribution in [0.4, 0.5) is 0 Å². The smallest absolute Gasteiger partial charge is 0.264 e. The first kappa shape index (κ1) is 17.1. The molecule has 1 amide bonds. The van der Waals surface area contributed by atoms with Crippen LogP contribution in [-0.4, -0.2) is 28.7 Å².